The lowest BCUT2D eigenvalue weighted by Gasteiger charge is -2.13. The SMILES string of the molecule is COCCNC(=O)c1c(NC(=O)COC(=O)CCc2ccccc2OC)sc2c1CCCC2. The van der Waals surface area contributed by atoms with Crippen LogP contribution in [-0.4, -0.2) is 51.8 Å². The van der Waals surface area contributed by atoms with E-state index in [0.29, 0.717) is 35.9 Å². The van der Waals surface area contributed by atoms with E-state index in [4.69, 9.17) is 14.2 Å². The number of aryl methyl sites for hydroxylation is 2. The maximum atomic E-state index is 12.8. The van der Waals surface area contributed by atoms with Gasteiger partial charge in [0.15, 0.2) is 6.61 Å². The van der Waals surface area contributed by atoms with Gasteiger partial charge in [-0.2, -0.15) is 0 Å². The van der Waals surface area contributed by atoms with E-state index >= 15 is 0 Å². The summed E-state index contributed by atoms with van der Waals surface area (Å²) in [6.07, 6.45) is 4.37. The number of ether oxygens (including phenoxy) is 3. The van der Waals surface area contributed by atoms with Crippen LogP contribution in [0.1, 0.15) is 45.6 Å². The van der Waals surface area contributed by atoms with Gasteiger partial charge in [0.05, 0.1) is 19.3 Å². The zero-order chi connectivity index (χ0) is 23.6. The molecule has 1 heterocycles. The molecule has 0 saturated heterocycles. The zero-order valence-corrected chi connectivity index (χ0v) is 19.8. The van der Waals surface area contributed by atoms with Crippen LogP contribution in [0.3, 0.4) is 0 Å². The van der Waals surface area contributed by atoms with Gasteiger partial charge in [0, 0.05) is 25.0 Å². The molecule has 2 aromatic rings. The first-order valence-corrected chi connectivity index (χ1v) is 11.8. The van der Waals surface area contributed by atoms with Gasteiger partial charge in [0.25, 0.3) is 11.8 Å². The van der Waals surface area contributed by atoms with E-state index in [2.05, 4.69) is 10.6 Å². The van der Waals surface area contributed by atoms with Crippen molar-refractivity contribution in [1.82, 2.24) is 5.32 Å². The second-order valence-corrected chi connectivity index (χ2v) is 8.79. The second-order valence-electron chi connectivity index (χ2n) is 7.68. The van der Waals surface area contributed by atoms with Crippen molar-refractivity contribution < 1.29 is 28.6 Å². The van der Waals surface area contributed by atoms with Crippen LogP contribution in [0, 0.1) is 0 Å². The fraction of sp³-hybridized carbons (Fsp3) is 0.458. The summed E-state index contributed by atoms with van der Waals surface area (Å²) >= 11 is 1.43. The van der Waals surface area contributed by atoms with Gasteiger partial charge < -0.3 is 24.8 Å². The van der Waals surface area contributed by atoms with Gasteiger partial charge in [-0.25, -0.2) is 0 Å². The third-order valence-corrected chi connectivity index (χ3v) is 6.61. The van der Waals surface area contributed by atoms with E-state index in [1.807, 2.05) is 24.3 Å². The second kappa shape index (κ2) is 12.4. The maximum Gasteiger partial charge on any atom is 0.306 e. The Morgan fingerprint density at radius 2 is 1.88 bits per heavy atom. The first-order valence-electron chi connectivity index (χ1n) is 11.0. The Labute approximate surface area is 197 Å². The highest BCUT2D eigenvalue weighted by Gasteiger charge is 2.26. The summed E-state index contributed by atoms with van der Waals surface area (Å²) in [5, 5.41) is 6.12. The number of carbonyl (C=O) groups excluding carboxylic acids is 3. The van der Waals surface area contributed by atoms with E-state index in [0.717, 1.165) is 41.7 Å². The summed E-state index contributed by atoms with van der Waals surface area (Å²) in [5.41, 5.74) is 2.42. The average Bonchev–Trinajstić information content (AvgIpc) is 3.19. The van der Waals surface area contributed by atoms with E-state index in [9.17, 15) is 14.4 Å². The molecule has 33 heavy (non-hydrogen) atoms. The smallest absolute Gasteiger partial charge is 0.306 e. The third kappa shape index (κ3) is 6.79. The fourth-order valence-electron chi connectivity index (χ4n) is 3.78. The number of anilines is 1. The lowest BCUT2D eigenvalue weighted by Crippen LogP contribution is -2.29. The molecule has 0 atom stereocenters. The van der Waals surface area contributed by atoms with Gasteiger partial charge in [0.2, 0.25) is 0 Å². The number of para-hydroxylation sites is 1. The van der Waals surface area contributed by atoms with Gasteiger partial charge >= 0.3 is 5.97 Å². The molecule has 0 saturated carbocycles. The molecule has 2 amide bonds. The van der Waals surface area contributed by atoms with E-state index in [1.165, 1.54) is 11.3 Å². The number of esters is 1. The summed E-state index contributed by atoms with van der Waals surface area (Å²) < 4.78 is 15.4. The summed E-state index contributed by atoms with van der Waals surface area (Å²) in [4.78, 5) is 38.5. The maximum absolute atomic E-state index is 12.8. The van der Waals surface area contributed by atoms with Crippen LogP contribution in [0.25, 0.3) is 0 Å². The predicted molar refractivity (Wildman–Crippen MR) is 126 cm³/mol. The number of thiophene rings is 1. The zero-order valence-electron chi connectivity index (χ0n) is 19.0. The van der Waals surface area contributed by atoms with Crippen molar-refractivity contribution in [2.75, 3.05) is 39.3 Å². The average molecular weight is 475 g/mol. The highest BCUT2D eigenvalue weighted by Crippen LogP contribution is 2.38. The van der Waals surface area contributed by atoms with Gasteiger partial charge in [-0.15, -0.1) is 11.3 Å². The molecule has 8 nitrogen and oxygen atoms in total. The molecule has 9 heteroatoms. The summed E-state index contributed by atoms with van der Waals surface area (Å²) in [7, 11) is 3.15. The minimum atomic E-state index is -0.473. The number of amides is 2. The number of hydrogen-bond donors (Lipinski definition) is 2. The first kappa shape index (κ1) is 24.7. The lowest BCUT2D eigenvalue weighted by molar-refractivity contribution is -0.147. The minimum Gasteiger partial charge on any atom is -0.496 e. The minimum absolute atomic E-state index is 0.133. The number of carbonyl (C=O) groups is 3. The van der Waals surface area contributed by atoms with Crippen molar-refractivity contribution in [2.24, 2.45) is 0 Å². The van der Waals surface area contributed by atoms with Crippen molar-refractivity contribution in [3.63, 3.8) is 0 Å². The molecular weight excluding hydrogens is 444 g/mol. The molecule has 178 valence electrons. The Hall–Kier alpha value is -2.91. The Kier molecular flexibility index (Phi) is 9.26. The van der Waals surface area contributed by atoms with E-state index < -0.39 is 18.5 Å². The monoisotopic (exact) mass is 474 g/mol. The van der Waals surface area contributed by atoms with Crippen molar-refractivity contribution in [3.8, 4) is 5.75 Å². The van der Waals surface area contributed by atoms with Crippen LogP contribution >= 0.6 is 11.3 Å². The largest absolute Gasteiger partial charge is 0.496 e. The predicted octanol–water partition coefficient (Wildman–Crippen LogP) is 3.13. The molecule has 1 aromatic heterocycles. The van der Waals surface area contributed by atoms with Crippen molar-refractivity contribution in [1.29, 1.82) is 0 Å². The molecule has 1 aromatic carbocycles. The van der Waals surface area contributed by atoms with E-state index in [1.54, 1.807) is 14.2 Å². The topological polar surface area (TPSA) is 103 Å². The third-order valence-electron chi connectivity index (χ3n) is 5.40. The van der Waals surface area contributed by atoms with Crippen LogP contribution in [0.5, 0.6) is 5.75 Å². The molecule has 0 unspecified atom stereocenters. The quantitative estimate of drug-likeness (QED) is 0.383. The fourth-order valence-corrected chi connectivity index (χ4v) is 5.08. The Morgan fingerprint density at radius 3 is 2.67 bits per heavy atom. The van der Waals surface area contributed by atoms with Crippen LogP contribution in [0.2, 0.25) is 0 Å². The van der Waals surface area contributed by atoms with Crippen LogP contribution in [0.15, 0.2) is 24.3 Å². The van der Waals surface area contributed by atoms with Crippen molar-refractivity contribution >= 4 is 34.1 Å². The number of nitrogens with one attached hydrogen (secondary N) is 2. The molecular formula is C24H30N2O6S. The molecule has 1 aliphatic carbocycles. The highest BCUT2D eigenvalue weighted by atomic mass is 32.1. The van der Waals surface area contributed by atoms with Crippen molar-refractivity contribution in [2.45, 2.75) is 38.5 Å². The molecule has 2 N–H and O–H groups in total. The molecule has 0 spiro atoms. The molecule has 0 aliphatic heterocycles. The number of fused-ring (bicyclic) bond motifs is 1. The van der Waals surface area contributed by atoms with Gasteiger partial charge in [0.1, 0.15) is 10.8 Å². The number of benzene rings is 1. The highest BCUT2D eigenvalue weighted by molar-refractivity contribution is 7.17. The van der Waals surface area contributed by atoms with Crippen LogP contribution in [0.4, 0.5) is 5.00 Å². The molecule has 1 aliphatic rings. The Bertz CT molecular complexity index is 987. The van der Waals surface area contributed by atoms with Gasteiger partial charge in [-0.3, -0.25) is 14.4 Å². The first-order chi connectivity index (χ1) is 16.0. The number of methoxy groups -OCH3 is 2. The van der Waals surface area contributed by atoms with E-state index in [-0.39, 0.29) is 12.3 Å². The summed E-state index contributed by atoms with van der Waals surface area (Å²) in [5.74, 6) is -0.458. The standard InChI is InChI=1S/C24H30N2O6S/c1-30-14-13-25-23(29)22-17-8-4-6-10-19(17)33-24(22)26-20(27)15-32-21(28)12-11-16-7-3-5-9-18(16)31-2/h3,5,7,9H,4,6,8,10-15H2,1-2H3,(H,25,29)(H,26,27). The Balaban J connectivity index is 1.56. The summed E-state index contributed by atoms with van der Waals surface area (Å²) in [6.45, 7) is 0.389. The van der Waals surface area contributed by atoms with Crippen molar-refractivity contribution in [3.05, 3.63) is 45.8 Å². The molecule has 0 radical (unpaired) electrons. The normalized spacial score (nSPS) is 12.5. The molecule has 0 fully saturated rings. The molecule has 3 rings (SSSR count). The number of hydrogen-bond acceptors (Lipinski definition) is 7. The molecule has 0 bridgehead atoms. The lowest BCUT2D eigenvalue weighted by atomic mass is 9.95. The number of rotatable bonds is 11. The summed E-state index contributed by atoms with van der Waals surface area (Å²) in [6, 6.07) is 7.45. The van der Waals surface area contributed by atoms with Crippen LogP contribution < -0.4 is 15.4 Å². The van der Waals surface area contributed by atoms with Gasteiger partial charge in [-0.05, 0) is 49.3 Å². The van der Waals surface area contributed by atoms with Crippen LogP contribution in [-0.2, 0) is 38.3 Å². The Morgan fingerprint density at radius 1 is 1.09 bits per heavy atom. The van der Waals surface area contributed by atoms with Gasteiger partial charge in [-0.1, -0.05) is 18.2 Å².